The minimum atomic E-state index is -4.17. The summed E-state index contributed by atoms with van der Waals surface area (Å²) in [5, 5.41) is 13.0. The van der Waals surface area contributed by atoms with Crippen LogP contribution in [-0.4, -0.2) is 41.2 Å². The lowest BCUT2D eigenvalue weighted by molar-refractivity contribution is 0.0523. The van der Waals surface area contributed by atoms with Crippen molar-refractivity contribution in [2.24, 2.45) is 0 Å². The van der Waals surface area contributed by atoms with Crippen LogP contribution < -0.4 is 5.32 Å². The first kappa shape index (κ1) is 28.3. The molecule has 0 spiro atoms. The number of amides is 1. The number of benzene rings is 1. The monoisotopic (exact) mass is 545 g/mol. The second-order valence-electron chi connectivity index (χ2n) is 10.6. The Labute approximate surface area is 220 Å². The number of thiazole rings is 1. The number of pyridine rings is 1. The number of carboxylic acids is 1. The number of ether oxygens (including phenoxy) is 1. The third-order valence-electron chi connectivity index (χ3n) is 5.20. The van der Waals surface area contributed by atoms with Crippen molar-refractivity contribution in [1.82, 2.24) is 15.3 Å². The molecule has 2 N–H and O–H groups in total. The van der Waals surface area contributed by atoms with Crippen LogP contribution >= 0.6 is 11.3 Å². The highest BCUT2D eigenvalue weighted by Gasteiger charge is 2.34. The Hall–Kier alpha value is -3.31. The molecule has 0 atom stereocenters. The molecule has 2 aromatic heterocycles. The Morgan fingerprint density at radius 1 is 1.03 bits per heavy atom. The summed E-state index contributed by atoms with van der Waals surface area (Å²) in [6, 6.07) is 6.52. The van der Waals surface area contributed by atoms with Crippen molar-refractivity contribution in [2.75, 3.05) is 0 Å². The van der Waals surface area contributed by atoms with Crippen LogP contribution in [0.1, 0.15) is 68.2 Å². The molecule has 9 nitrogen and oxygen atoms in total. The number of carbonyl (C=O) groups excluding carboxylic acids is 1. The van der Waals surface area contributed by atoms with E-state index in [-0.39, 0.29) is 26.8 Å². The summed E-state index contributed by atoms with van der Waals surface area (Å²) in [5.74, 6) is -1.23. The fourth-order valence-corrected chi connectivity index (χ4v) is 6.60. The third-order valence-corrected chi connectivity index (χ3v) is 8.43. The summed E-state index contributed by atoms with van der Waals surface area (Å²) in [4.78, 5) is 32.6. The van der Waals surface area contributed by atoms with E-state index in [4.69, 9.17) is 4.74 Å². The first-order chi connectivity index (χ1) is 17.0. The van der Waals surface area contributed by atoms with Crippen LogP contribution in [0.25, 0.3) is 11.1 Å². The summed E-state index contributed by atoms with van der Waals surface area (Å²) in [7, 11) is -4.17. The van der Waals surface area contributed by atoms with Crippen LogP contribution in [0, 0.1) is 6.92 Å². The van der Waals surface area contributed by atoms with E-state index in [2.05, 4.69) is 15.3 Å². The average molecular weight is 546 g/mol. The molecule has 37 heavy (non-hydrogen) atoms. The van der Waals surface area contributed by atoms with Gasteiger partial charge in [-0.1, -0.05) is 26.8 Å². The van der Waals surface area contributed by atoms with Gasteiger partial charge in [-0.25, -0.2) is 23.0 Å². The molecule has 0 radical (unpaired) electrons. The van der Waals surface area contributed by atoms with Gasteiger partial charge in [0.1, 0.15) is 14.8 Å². The summed E-state index contributed by atoms with van der Waals surface area (Å²) in [6.07, 6.45) is 2.16. The molecule has 1 aromatic carbocycles. The van der Waals surface area contributed by atoms with Crippen LogP contribution in [0.3, 0.4) is 0 Å². The molecule has 0 aliphatic carbocycles. The predicted octanol–water partition coefficient (Wildman–Crippen LogP) is 5.37. The molecule has 3 rings (SSSR count). The molecule has 0 saturated carbocycles. The van der Waals surface area contributed by atoms with E-state index in [1.807, 2.05) is 6.92 Å². The van der Waals surface area contributed by atoms with E-state index in [9.17, 15) is 23.1 Å². The van der Waals surface area contributed by atoms with Gasteiger partial charge in [-0.3, -0.25) is 4.98 Å². The van der Waals surface area contributed by atoms with Crippen LogP contribution in [-0.2, 0) is 26.5 Å². The third kappa shape index (κ3) is 6.72. The van der Waals surface area contributed by atoms with Crippen LogP contribution in [0.15, 0.2) is 45.8 Å². The van der Waals surface area contributed by atoms with Gasteiger partial charge in [0.25, 0.3) is 0 Å². The molecular weight excluding hydrogens is 514 g/mol. The first-order valence-corrected chi connectivity index (χ1v) is 13.8. The fraction of sp³-hybridized carbons (Fsp3) is 0.385. The van der Waals surface area contributed by atoms with E-state index in [1.165, 1.54) is 18.3 Å². The number of rotatable bonds is 6. The lowest BCUT2D eigenvalue weighted by Crippen LogP contribution is -2.32. The Kier molecular flexibility index (Phi) is 7.80. The van der Waals surface area contributed by atoms with E-state index in [0.717, 1.165) is 17.0 Å². The van der Waals surface area contributed by atoms with Gasteiger partial charge in [-0.05, 0) is 62.4 Å². The van der Waals surface area contributed by atoms with Crippen LogP contribution in [0.4, 0.5) is 4.79 Å². The molecule has 0 aliphatic rings. The van der Waals surface area contributed by atoms with Crippen molar-refractivity contribution in [3.63, 3.8) is 0 Å². The topological polar surface area (TPSA) is 136 Å². The highest BCUT2D eigenvalue weighted by molar-refractivity contribution is 7.93. The maximum atomic E-state index is 13.9. The summed E-state index contributed by atoms with van der Waals surface area (Å²) >= 11 is 0.903. The molecule has 0 bridgehead atoms. The summed E-state index contributed by atoms with van der Waals surface area (Å²) in [6.45, 7) is 12.3. The van der Waals surface area contributed by atoms with Gasteiger partial charge in [0.2, 0.25) is 9.84 Å². The van der Waals surface area contributed by atoms with E-state index >= 15 is 0 Å². The van der Waals surface area contributed by atoms with Gasteiger partial charge in [0.05, 0.1) is 23.2 Å². The number of sulfone groups is 1. The van der Waals surface area contributed by atoms with Gasteiger partial charge in [-0.2, -0.15) is 0 Å². The Bertz CT molecular complexity index is 1430. The highest BCUT2D eigenvalue weighted by atomic mass is 32.2. The van der Waals surface area contributed by atoms with Crippen molar-refractivity contribution >= 4 is 33.2 Å². The van der Waals surface area contributed by atoms with Gasteiger partial charge in [-0.15, -0.1) is 11.3 Å². The van der Waals surface area contributed by atoms with Gasteiger partial charge >= 0.3 is 12.1 Å². The molecule has 198 valence electrons. The average Bonchev–Trinajstić information content (AvgIpc) is 3.25. The standard InChI is InChI=1S/C26H31N3O6S2/c1-15-8-9-16(12-27-15)17-10-18(23(30)31)22(25(2,3)4)19(11-17)37(33,34)21-14-28-20(36-21)13-29-24(32)35-26(5,6)7/h8-12,14H,13H2,1-7H3,(H,29,32)(H,30,31). The van der Waals surface area contributed by atoms with Gasteiger partial charge < -0.3 is 15.2 Å². The van der Waals surface area contributed by atoms with Crippen molar-refractivity contribution in [3.05, 3.63) is 58.5 Å². The number of carboxylic acid groups (broad SMARTS) is 1. The van der Waals surface area contributed by atoms with Crippen molar-refractivity contribution < 1.29 is 27.9 Å². The molecule has 2 heterocycles. The SMILES string of the molecule is Cc1ccc(-c2cc(C(=O)O)c(C(C)(C)C)c(S(=O)(=O)c3cnc(CNC(=O)OC(C)(C)C)s3)c2)cn1. The number of carbonyl (C=O) groups is 2. The molecule has 1 amide bonds. The quantitative estimate of drug-likeness (QED) is 0.422. The number of aryl methyl sites for hydroxylation is 1. The molecule has 0 aliphatic heterocycles. The molecule has 0 fully saturated rings. The maximum absolute atomic E-state index is 13.9. The highest BCUT2D eigenvalue weighted by Crippen LogP contribution is 2.39. The maximum Gasteiger partial charge on any atom is 0.408 e. The number of hydrogen-bond acceptors (Lipinski definition) is 8. The van der Waals surface area contributed by atoms with Crippen LogP contribution in [0.5, 0.6) is 0 Å². The van der Waals surface area contributed by atoms with Gasteiger partial charge in [0, 0.05) is 17.5 Å². The number of hydrogen-bond donors (Lipinski definition) is 2. The second kappa shape index (κ2) is 10.2. The number of nitrogens with one attached hydrogen (secondary N) is 1. The van der Waals surface area contributed by atoms with Gasteiger partial charge in [0.15, 0.2) is 0 Å². The van der Waals surface area contributed by atoms with Crippen molar-refractivity contribution in [1.29, 1.82) is 0 Å². The molecule has 11 heteroatoms. The smallest absolute Gasteiger partial charge is 0.408 e. The first-order valence-electron chi connectivity index (χ1n) is 11.5. The van der Waals surface area contributed by atoms with E-state index in [0.29, 0.717) is 16.1 Å². The van der Waals surface area contributed by atoms with E-state index in [1.54, 1.807) is 59.9 Å². The molecular formula is C26H31N3O6S2. The zero-order chi connectivity index (χ0) is 27.8. The molecule has 0 unspecified atom stereocenters. The largest absolute Gasteiger partial charge is 0.478 e. The van der Waals surface area contributed by atoms with Crippen LogP contribution in [0.2, 0.25) is 0 Å². The second-order valence-corrected chi connectivity index (χ2v) is 13.8. The number of aromatic carboxylic acids is 1. The fourth-order valence-electron chi connectivity index (χ4n) is 3.64. The zero-order valence-electron chi connectivity index (χ0n) is 21.9. The lowest BCUT2D eigenvalue weighted by atomic mass is 9.82. The predicted molar refractivity (Wildman–Crippen MR) is 141 cm³/mol. The zero-order valence-corrected chi connectivity index (χ0v) is 23.5. The Morgan fingerprint density at radius 3 is 2.24 bits per heavy atom. The van der Waals surface area contributed by atoms with Crippen molar-refractivity contribution in [3.8, 4) is 11.1 Å². The normalized spacial score (nSPS) is 12.3. The molecule has 3 aromatic rings. The Morgan fingerprint density at radius 2 is 1.70 bits per heavy atom. The summed E-state index contributed by atoms with van der Waals surface area (Å²) < 4.78 is 32.9. The van der Waals surface area contributed by atoms with E-state index < -0.39 is 32.9 Å². The number of aromatic nitrogens is 2. The minimum absolute atomic E-state index is 0.0172. The number of nitrogens with zero attached hydrogens (tertiary/aromatic N) is 2. The number of alkyl carbamates (subject to hydrolysis) is 1. The Balaban J connectivity index is 2.10. The van der Waals surface area contributed by atoms with Crippen molar-refractivity contribution in [2.45, 2.75) is 75.1 Å². The molecule has 0 saturated heterocycles. The lowest BCUT2D eigenvalue weighted by Gasteiger charge is -2.25. The minimum Gasteiger partial charge on any atom is -0.478 e. The summed E-state index contributed by atoms with van der Waals surface area (Å²) in [5.41, 5.74) is 0.422.